The van der Waals surface area contributed by atoms with E-state index in [-0.39, 0.29) is 5.76 Å². The van der Waals surface area contributed by atoms with Crippen LogP contribution in [0.15, 0.2) is 47.5 Å². The fourth-order valence-corrected chi connectivity index (χ4v) is 0.856. The monoisotopic (exact) mass is 206 g/mol. The first-order valence-electron chi connectivity index (χ1n) is 4.69. The van der Waals surface area contributed by atoms with Gasteiger partial charge in [0.15, 0.2) is 0 Å². The summed E-state index contributed by atoms with van der Waals surface area (Å²) in [7, 11) is 0. The van der Waals surface area contributed by atoms with Gasteiger partial charge in [-0.3, -0.25) is 0 Å². The second-order valence-electron chi connectivity index (χ2n) is 2.82. The van der Waals surface area contributed by atoms with Crippen molar-refractivity contribution in [3.8, 4) is 12.3 Å². The molecule has 0 saturated heterocycles. The number of rotatable bonds is 4. The maximum Gasteiger partial charge on any atom is 0.131 e. The summed E-state index contributed by atoms with van der Waals surface area (Å²) in [5.41, 5.74) is 0.825. The molecule has 0 bridgehead atoms. The first-order valence-corrected chi connectivity index (χ1v) is 4.69. The molecule has 0 rings (SSSR count). The molecule has 80 valence electrons. The van der Waals surface area contributed by atoms with Crippen molar-refractivity contribution in [2.75, 3.05) is 0 Å². The molecule has 0 spiro atoms. The van der Waals surface area contributed by atoms with E-state index in [2.05, 4.69) is 5.92 Å². The maximum atomic E-state index is 12.8. The number of hydrogen-bond acceptors (Lipinski definition) is 1. The zero-order chi connectivity index (χ0) is 11.7. The molecule has 1 N–H and O–H groups in total. The Kier molecular flexibility index (Phi) is 6.74. The van der Waals surface area contributed by atoms with Crippen molar-refractivity contribution in [3.05, 3.63) is 47.5 Å². The van der Waals surface area contributed by atoms with Crippen molar-refractivity contribution >= 4 is 0 Å². The maximum absolute atomic E-state index is 12.8. The SMILES string of the molecule is C#C/C=C(F)/C=C\C(=C\C(O)=C/C)CC. The molecule has 0 aliphatic heterocycles. The first kappa shape index (κ1) is 13.2. The molecular formula is C13H15FO. The number of hydrogen-bond donors (Lipinski definition) is 1. The Morgan fingerprint density at radius 1 is 1.47 bits per heavy atom. The number of halogens is 1. The van der Waals surface area contributed by atoms with E-state index in [1.54, 1.807) is 25.2 Å². The Balaban J connectivity index is 4.69. The van der Waals surface area contributed by atoms with Gasteiger partial charge in [0.25, 0.3) is 0 Å². The van der Waals surface area contributed by atoms with Crippen LogP contribution >= 0.6 is 0 Å². The van der Waals surface area contributed by atoms with E-state index in [0.717, 1.165) is 11.6 Å². The Morgan fingerprint density at radius 3 is 2.60 bits per heavy atom. The largest absolute Gasteiger partial charge is 0.508 e. The molecule has 15 heavy (non-hydrogen) atoms. The van der Waals surface area contributed by atoms with E-state index in [0.29, 0.717) is 6.42 Å². The summed E-state index contributed by atoms with van der Waals surface area (Å²) in [4.78, 5) is 0. The molecule has 0 aromatic rings. The molecule has 0 aromatic carbocycles. The fraction of sp³-hybridized carbons (Fsp3) is 0.231. The minimum absolute atomic E-state index is 0.165. The average molecular weight is 206 g/mol. The highest BCUT2D eigenvalue weighted by Gasteiger charge is 1.91. The van der Waals surface area contributed by atoms with Gasteiger partial charge in [-0.25, -0.2) is 4.39 Å². The average Bonchev–Trinajstić information content (AvgIpc) is 2.24. The Labute approximate surface area is 90.3 Å². The molecule has 0 amide bonds. The molecule has 0 heterocycles. The lowest BCUT2D eigenvalue weighted by Crippen LogP contribution is -1.79. The standard InChI is InChI=1S/C13H15FO/c1-4-7-12(14)9-8-11(5-2)10-13(15)6-3/h1,6-10,15H,5H2,2-3H3/b9-8-,11-10+,12-7-,13-6+. The summed E-state index contributed by atoms with van der Waals surface area (Å²) >= 11 is 0. The molecule has 0 aliphatic rings. The van der Waals surface area contributed by atoms with Crippen LogP contribution in [-0.2, 0) is 0 Å². The van der Waals surface area contributed by atoms with Crippen LogP contribution in [0.5, 0.6) is 0 Å². The smallest absolute Gasteiger partial charge is 0.131 e. The molecule has 2 heteroatoms. The zero-order valence-corrected chi connectivity index (χ0v) is 9.00. The highest BCUT2D eigenvalue weighted by Crippen LogP contribution is 2.09. The van der Waals surface area contributed by atoms with Crippen molar-refractivity contribution in [2.24, 2.45) is 0 Å². The second kappa shape index (κ2) is 7.64. The van der Waals surface area contributed by atoms with E-state index in [1.165, 1.54) is 6.08 Å². The van der Waals surface area contributed by atoms with Gasteiger partial charge in [-0.1, -0.05) is 18.9 Å². The van der Waals surface area contributed by atoms with Gasteiger partial charge >= 0.3 is 0 Å². The summed E-state index contributed by atoms with van der Waals surface area (Å²) in [5, 5.41) is 9.24. The summed E-state index contributed by atoms with van der Waals surface area (Å²) in [5.74, 6) is 1.78. The summed E-state index contributed by atoms with van der Waals surface area (Å²) in [6.45, 7) is 3.64. The summed E-state index contributed by atoms with van der Waals surface area (Å²) in [6.07, 6.45) is 12.7. The number of terminal acetylenes is 1. The highest BCUT2D eigenvalue weighted by molar-refractivity contribution is 5.31. The first-order chi connectivity index (χ1) is 7.13. The van der Waals surface area contributed by atoms with Gasteiger partial charge < -0.3 is 5.11 Å². The van der Waals surface area contributed by atoms with Gasteiger partial charge in [-0.05, 0) is 37.1 Å². The number of allylic oxidation sites excluding steroid dienone is 7. The fourth-order valence-electron chi connectivity index (χ4n) is 0.856. The van der Waals surface area contributed by atoms with Crippen LogP contribution < -0.4 is 0 Å². The van der Waals surface area contributed by atoms with E-state index >= 15 is 0 Å². The van der Waals surface area contributed by atoms with E-state index in [4.69, 9.17) is 6.42 Å². The predicted octanol–water partition coefficient (Wildman–Crippen LogP) is 3.83. The van der Waals surface area contributed by atoms with Crippen LogP contribution in [0.3, 0.4) is 0 Å². The van der Waals surface area contributed by atoms with Crippen molar-refractivity contribution in [3.63, 3.8) is 0 Å². The summed E-state index contributed by atoms with van der Waals surface area (Å²) < 4.78 is 12.8. The van der Waals surface area contributed by atoms with E-state index in [1.807, 2.05) is 6.92 Å². The third-order valence-corrected chi connectivity index (χ3v) is 1.72. The minimum Gasteiger partial charge on any atom is -0.508 e. The van der Waals surface area contributed by atoms with Crippen molar-refractivity contribution < 1.29 is 9.50 Å². The lowest BCUT2D eigenvalue weighted by atomic mass is 10.1. The number of aliphatic hydroxyl groups is 1. The van der Waals surface area contributed by atoms with Crippen LogP contribution in [0.25, 0.3) is 0 Å². The van der Waals surface area contributed by atoms with Crippen molar-refractivity contribution in [1.29, 1.82) is 0 Å². The molecule has 0 atom stereocenters. The molecule has 0 aromatic heterocycles. The molecule has 0 unspecified atom stereocenters. The van der Waals surface area contributed by atoms with Crippen LogP contribution in [0, 0.1) is 12.3 Å². The quantitative estimate of drug-likeness (QED) is 0.421. The van der Waals surface area contributed by atoms with Gasteiger partial charge in [0.05, 0.1) is 0 Å². The molecule has 0 radical (unpaired) electrons. The molecule has 0 aliphatic carbocycles. The van der Waals surface area contributed by atoms with Crippen molar-refractivity contribution in [1.82, 2.24) is 0 Å². The molecular weight excluding hydrogens is 191 g/mol. The molecule has 0 saturated carbocycles. The van der Waals surface area contributed by atoms with Gasteiger partial charge in [0.2, 0.25) is 0 Å². The van der Waals surface area contributed by atoms with Gasteiger partial charge in [0, 0.05) is 6.08 Å². The third kappa shape index (κ3) is 6.34. The van der Waals surface area contributed by atoms with Crippen LogP contribution in [0.2, 0.25) is 0 Å². The summed E-state index contributed by atoms with van der Waals surface area (Å²) in [6, 6.07) is 0. The van der Waals surface area contributed by atoms with Gasteiger partial charge in [-0.15, -0.1) is 6.42 Å². The second-order valence-corrected chi connectivity index (χ2v) is 2.82. The lowest BCUT2D eigenvalue weighted by molar-refractivity contribution is 0.430. The normalized spacial score (nSPS) is 14.4. The lowest BCUT2D eigenvalue weighted by Gasteiger charge is -1.96. The zero-order valence-electron chi connectivity index (χ0n) is 9.00. The topological polar surface area (TPSA) is 20.2 Å². The van der Waals surface area contributed by atoms with Gasteiger partial charge in [-0.2, -0.15) is 0 Å². The number of aliphatic hydroxyl groups excluding tert-OH is 1. The Morgan fingerprint density at radius 2 is 2.13 bits per heavy atom. The predicted molar refractivity (Wildman–Crippen MR) is 61.9 cm³/mol. The van der Waals surface area contributed by atoms with Crippen LogP contribution in [-0.4, -0.2) is 5.11 Å². The highest BCUT2D eigenvalue weighted by atomic mass is 19.1. The molecule has 0 fully saturated rings. The van der Waals surface area contributed by atoms with E-state index in [9.17, 15) is 9.50 Å². The molecule has 1 nitrogen and oxygen atoms in total. The Hall–Kier alpha value is -1.75. The Bertz CT molecular complexity index is 351. The van der Waals surface area contributed by atoms with Crippen LogP contribution in [0.4, 0.5) is 4.39 Å². The van der Waals surface area contributed by atoms with E-state index < -0.39 is 5.83 Å². The minimum atomic E-state index is -0.475. The third-order valence-electron chi connectivity index (χ3n) is 1.72. The van der Waals surface area contributed by atoms with Gasteiger partial charge in [0.1, 0.15) is 11.6 Å². The van der Waals surface area contributed by atoms with Crippen LogP contribution in [0.1, 0.15) is 20.3 Å². The van der Waals surface area contributed by atoms with Crippen molar-refractivity contribution in [2.45, 2.75) is 20.3 Å².